The second kappa shape index (κ2) is 9.68. The van der Waals surface area contributed by atoms with Gasteiger partial charge in [-0.25, -0.2) is 15.6 Å². The summed E-state index contributed by atoms with van der Waals surface area (Å²) in [6.45, 7) is -0.804. The highest BCUT2D eigenvalue weighted by Gasteiger charge is 2.43. The van der Waals surface area contributed by atoms with Gasteiger partial charge in [-0.2, -0.15) is 10.2 Å². The Morgan fingerprint density at radius 3 is 1.94 bits per heavy atom. The molecule has 0 spiro atoms. The van der Waals surface area contributed by atoms with Gasteiger partial charge in [0.05, 0.1) is 17.7 Å². The number of phenols is 2. The fourth-order valence-electron chi connectivity index (χ4n) is 2.71. The summed E-state index contributed by atoms with van der Waals surface area (Å²) < 4.78 is 4.95. The molecule has 32 heavy (non-hydrogen) atoms. The van der Waals surface area contributed by atoms with Gasteiger partial charge in [-0.3, -0.25) is 9.59 Å². The summed E-state index contributed by atoms with van der Waals surface area (Å²) in [5.41, 5.74) is 2.99. The summed E-state index contributed by atoms with van der Waals surface area (Å²) in [6, 6.07) is 11.2. The number of amides is 2. The quantitative estimate of drug-likeness (QED) is 0.249. The van der Waals surface area contributed by atoms with Gasteiger partial charge in [0.15, 0.2) is 11.8 Å². The molecule has 2 amide bonds. The molecule has 0 aliphatic carbocycles. The van der Waals surface area contributed by atoms with E-state index in [1.165, 1.54) is 48.5 Å². The maximum Gasteiger partial charge on any atom is 0.361 e. The number of phenolic OH excluding ortho intramolecular Hbond substituents is 2. The first-order chi connectivity index (χ1) is 15.3. The number of rotatable bonds is 6. The molecule has 1 fully saturated rings. The Labute approximate surface area is 180 Å². The van der Waals surface area contributed by atoms with E-state index in [9.17, 15) is 34.8 Å². The number of carbonyl (C=O) groups is 3. The van der Waals surface area contributed by atoms with E-state index in [-0.39, 0.29) is 28.3 Å². The van der Waals surface area contributed by atoms with Gasteiger partial charge in [0.25, 0.3) is 11.8 Å². The number of nitrogens with zero attached hydrogens (tertiary/aromatic N) is 2. The van der Waals surface area contributed by atoms with Crippen LogP contribution in [0.3, 0.4) is 0 Å². The summed E-state index contributed by atoms with van der Waals surface area (Å²) >= 11 is 0. The number of ether oxygens (including phenoxy) is 1. The van der Waals surface area contributed by atoms with E-state index >= 15 is 0 Å². The molecule has 166 valence electrons. The van der Waals surface area contributed by atoms with Crippen molar-refractivity contribution >= 4 is 29.2 Å². The Morgan fingerprint density at radius 2 is 1.44 bits per heavy atom. The number of aliphatic hydroxyl groups excluding tert-OH is 2. The number of carbonyl (C=O) groups excluding carboxylic acids is 3. The molecule has 6 N–H and O–H groups in total. The maximum atomic E-state index is 12.3. The topological polar surface area (TPSA) is 190 Å². The lowest BCUT2D eigenvalue weighted by molar-refractivity contribution is -0.140. The van der Waals surface area contributed by atoms with Gasteiger partial charge in [-0.05, 0) is 24.3 Å². The Hall–Kier alpha value is -4.29. The first-order valence-corrected chi connectivity index (χ1v) is 9.15. The summed E-state index contributed by atoms with van der Waals surface area (Å²) in [7, 11) is 0. The minimum Gasteiger partial charge on any atom is -0.507 e. The van der Waals surface area contributed by atoms with E-state index in [0.717, 1.165) is 0 Å². The molecule has 3 rings (SSSR count). The van der Waals surface area contributed by atoms with Crippen LogP contribution in [-0.4, -0.2) is 68.4 Å². The average Bonchev–Trinajstić information content (AvgIpc) is 3.11. The molecule has 0 bridgehead atoms. The van der Waals surface area contributed by atoms with Crippen molar-refractivity contribution in [2.75, 3.05) is 6.61 Å². The van der Waals surface area contributed by atoms with Gasteiger partial charge in [0.1, 0.15) is 23.3 Å². The van der Waals surface area contributed by atoms with Gasteiger partial charge in [0.2, 0.25) is 0 Å². The van der Waals surface area contributed by atoms with Crippen molar-refractivity contribution in [3.8, 4) is 11.5 Å². The van der Waals surface area contributed by atoms with Crippen LogP contribution in [0.25, 0.3) is 0 Å². The van der Waals surface area contributed by atoms with Gasteiger partial charge in [0, 0.05) is 0 Å². The molecule has 1 heterocycles. The molecule has 12 heteroatoms. The van der Waals surface area contributed by atoms with Crippen LogP contribution < -0.4 is 10.9 Å². The lowest BCUT2D eigenvalue weighted by atomic mass is 10.1. The first kappa shape index (κ1) is 22.4. The number of hydrogen-bond donors (Lipinski definition) is 6. The van der Waals surface area contributed by atoms with E-state index in [1.54, 1.807) is 0 Å². The minimum absolute atomic E-state index is 0.118. The van der Waals surface area contributed by atoms with E-state index < -0.39 is 42.3 Å². The third-order valence-corrected chi connectivity index (χ3v) is 4.32. The SMILES string of the molecule is O=C1OC(C(O)CO)C(=N/NC(=O)c2ccccc2O)/C1=N/NC(=O)c1ccccc1O. The average molecular weight is 442 g/mol. The largest absolute Gasteiger partial charge is 0.507 e. The molecule has 1 saturated heterocycles. The van der Waals surface area contributed by atoms with Crippen molar-refractivity contribution in [1.29, 1.82) is 0 Å². The van der Waals surface area contributed by atoms with Crippen molar-refractivity contribution < 1.29 is 39.5 Å². The van der Waals surface area contributed by atoms with Crippen LogP contribution in [0.5, 0.6) is 11.5 Å². The van der Waals surface area contributed by atoms with Crippen molar-refractivity contribution in [3.05, 3.63) is 59.7 Å². The molecule has 1 aliphatic rings. The Bertz CT molecular complexity index is 1110. The monoisotopic (exact) mass is 442 g/mol. The number of para-hydroxylation sites is 2. The fraction of sp³-hybridized carbons (Fsp3) is 0.150. The smallest absolute Gasteiger partial charge is 0.361 e. The second-order valence-electron chi connectivity index (χ2n) is 6.45. The van der Waals surface area contributed by atoms with Crippen LogP contribution in [-0.2, 0) is 9.53 Å². The number of nitrogens with one attached hydrogen (secondary N) is 2. The van der Waals surface area contributed by atoms with Crippen LogP contribution in [0.2, 0.25) is 0 Å². The van der Waals surface area contributed by atoms with E-state index in [0.29, 0.717) is 0 Å². The zero-order valence-corrected chi connectivity index (χ0v) is 16.3. The summed E-state index contributed by atoms with van der Waals surface area (Å²) in [5, 5.41) is 46.1. The van der Waals surface area contributed by atoms with Gasteiger partial charge < -0.3 is 25.2 Å². The molecule has 2 unspecified atom stereocenters. The highest BCUT2D eigenvalue weighted by atomic mass is 16.6. The van der Waals surface area contributed by atoms with Crippen LogP contribution in [0.1, 0.15) is 20.7 Å². The first-order valence-electron chi connectivity index (χ1n) is 9.15. The molecule has 0 aromatic heterocycles. The second-order valence-corrected chi connectivity index (χ2v) is 6.45. The van der Waals surface area contributed by atoms with Crippen LogP contribution in [0.4, 0.5) is 0 Å². The zero-order valence-electron chi connectivity index (χ0n) is 16.3. The molecule has 2 aromatic carbocycles. The highest BCUT2D eigenvalue weighted by molar-refractivity contribution is 6.69. The van der Waals surface area contributed by atoms with Crippen molar-refractivity contribution in [2.45, 2.75) is 12.2 Å². The summed E-state index contributed by atoms with van der Waals surface area (Å²) in [4.78, 5) is 36.8. The molecule has 0 saturated carbocycles. The normalized spacial score (nSPS) is 18.9. The molecular formula is C20H18N4O8. The number of benzene rings is 2. The highest BCUT2D eigenvalue weighted by Crippen LogP contribution is 2.18. The Morgan fingerprint density at radius 1 is 0.938 bits per heavy atom. The number of aromatic hydroxyl groups is 2. The standard InChI is InChI=1S/C20H18N4O8/c25-9-14(28)17-15(21-23-18(29)10-5-1-3-7-12(10)26)16(20(31)32-17)22-24-19(30)11-6-2-4-8-13(11)27/h1-8,14,17,25-28H,9H2,(H,23,29)(H,24,30)/b21-15+,22-16-. The van der Waals surface area contributed by atoms with Crippen LogP contribution in [0, 0.1) is 0 Å². The lowest BCUT2D eigenvalue weighted by Crippen LogP contribution is -2.38. The van der Waals surface area contributed by atoms with E-state index in [2.05, 4.69) is 21.1 Å². The number of cyclic esters (lactones) is 1. The van der Waals surface area contributed by atoms with Crippen molar-refractivity contribution in [1.82, 2.24) is 10.9 Å². The molecule has 0 radical (unpaired) electrons. The minimum atomic E-state index is -1.60. The zero-order chi connectivity index (χ0) is 23.3. The number of esters is 1. The predicted molar refractivity (Wildman–Crippen MR) is 109 cm³/mol. The molecule has 2 atom stereocenters. The van der Waals surface area contributed by atoms with Crippen LogP contribution in [0.15, 0.2) is 58.7 Å². The number of hydrogen-bond acceptors (Lipinski definition) is 10. The van der Waals surface area contributed by atoms with Crippen molar-refractivity contribution in [3.63, 3.8) is 0 Å². The summed E-state index contributed by atoms with van der Waals surface area (Å²) in [5.74, 6) is -3.43. The lowest BCUT2D eigenvalue weighted by Gasteiger charge is -2.14. The van der Waals surface area contributed by atoms with Gasteiger partial charge in [-0.1, -0.05) is 24.3 Å². The van der Waals surface area contributed by atoms with Gasteiger partial charge >= 0.3 is 5.97 Å². The van der Waals surface area contributed by atoms with Crippen LogP contribution >= 0.6 is 0 Å². The molecule has 2 aromatic rings. The third kappa shape index (κ3) is 4.71. The molecule has 12 nitrogen and oxygen atoms in total. The Kier molecular flexibility index (Phi) is 6.77. The van der Waals surface area contributed by atoms with E-state index in [1.807, 2.05) is 0 Å². The van der Waals surface area contributed by atoms with Gasteiger partial charge in [-0.15, -0.1) is 0 Å². The van der Waals surface area contributed by atoms with E-state index in [4.69, 9.17) is 4.74 Å². The van der Waals surface area contributed by atoms with Crippen molar-refractivity contribution in [2.24, 2.45) is 10.2 Å². The number of aliphatic hydroxyl groups is 2. The number of hydrazone groups is 2. The maximum absolute atomic E-state index is 12.3. The molecular weight excluding hydrogens is 424 g/mol. The third-order valence-electron chi connectivity index (χ3n) is 4.32. The fourth-order valence-corrected chi connectivity index (χ4v) is 2.71. The predicted octanol–water partition coefficient (Wildman–Crippen LogP) is -0.752. The summed E-state index contributed by atoms with van der Waals surface area (Å²) in [6.07, 6.45) is -3.08. The molecule has 1 aliphatic heterocycles. The Balaban J connectivity index is 1.88.